The summed E-state index contributed by atoms with van der Waals surface area (Å²) in [6, 6.07) is 19.8. The number of methoxy groups -OCH3 is 1. The van der Waals surface area contributed by atoms with Gasteiger partial charge >= 0.3 is 0 Å². The molecule has 2 amide bonds. The highest BCUT2D eigenvalue weighted by atomic mass is 32.1. The van der Waals surface area contributed by atoms with Crippen molar-refractivity contribution in [2.75, 3.05) is 43.9 Å². The van der Waals surface area contributed by atoms with Gasteiger partial charge in [-0.2, -0.15) is 10.5 Å². The molecular weight excluding hydrogens is 673 g/mol. The number of ether oxygens (including phenoxy) is 1. The second-order valence-electron chi connectivity index (χ2n) is 11.6. The maximum absolute atomic E-state index is 12.9. The average Bonchev–Trinajstić information content (AvgIpc) is 4.00. The molecule has 5 aromatic rings. The lowest BCUT2D eigenvalue weighted by Crippen LogP contribution is -2.46. The van der Waals surface area contributed by atoms with E-state index in [1.165, 1.54) is 41.0 Å². The zero-order valence-corrected chi connectivity index (χ0v) is 28.6. The van der Waals surface area contributed by atoms with Crippen molar-refractivity contribution in [2.45, 2.75) is 17.9 Å². The number of carbonyl (C=O) groups is 2. The van der Waals surface area contributed by atoms with Crippen LogP contribution >= 0.6 is 22.7 Å². The molecule has 0 radical (unpaired) electrons. The Morgan fingerprint density at radius 2 is 1.42 bits per heavy atom. The topological polar surface area (TPSA) is 173 Å². The fraction of sp³-hybridized carbons (Fsp3) is 0.257. The van der Waals surface area contributed by atoms with Gasteiger partial charge < -0.3 is 19.9 Å². The Labute approximate surface area is 296 Å². The summed E-state index contributed by atoms with van der Waals surface area (Å²) in [4.78, 5) is 47.2. The molecule has 50 heavy (non-hydrogen) atoms. The summed E-state index contributed by atoms with van der Waals surface area (Å²) in [6.07, 6.45) is 13.0. The summed E-state index contributed by atoms with van der Waals surface area (Å²) < 4.78 is 5.43. The Kier molecular flexibility index (Phi) is 10.7. The summed E-state index contributed by atoms with van der Waals surface area (Å²) in [5, 5.41) is 25.0. The molecule has 2 aliphatic rings. The van der Waals surface area contributed by atoms with E-state index >= 15 is 0 Å². The molecule has 5 heterocycles. The number of amides is 2. The quantitative estimate of drug-likeness (QED) is 0.207. The van der Waals surface area contributed by atoms with E-state index in [1.54, 1.807) is 29.7 Å². The highest BCUT2D eigenvalue weighted by Gasteiger charge is 2.45. The number of carbonyl (C=O) groups excluding carboxylic acids is 2. The van der Waals surface area contributed by atoms with E-state index in [0.29, 0.717) is 36.3 Å². The van der Waals surface area contributed by atoms with Crippen LogP contribution in [0.5, 0.6) is 0 Å². The lowest BCUT2D eigenvalue weighted by atomic mass is 9.90. The molecule has 0 saturated carbocycles. The van der Waals surface area contributed by atoms with Gasteiger partial charge in [0.05, 0.1) is 22.2 Å². The third kappa shape index (κ3) is 7.76. The third-order valence-corrected chi connectivity index (χ3v) is 10.5. The first kappa shape index (κ1) is 34.1. The molecule has 2 saturated heterocycles. The molecule has 0 bridgehead atoms. The monoisotopic (exact) mass is 704 g/mol. The summed E-state index contributed by atoms with van der Waals surface area (Å²) in [5.41, 5.74) is 1.99. The first-order chi connectivity index (χ1) is 24.4. The first-order valence-corrected chi connectivity index (χ1v) is 17.3. The number of nitrogens with zero attached hydrogens (tertiary/aromatic N) is 8. The number of nitriles is 2. The number of likely N-dealkylation sites (tertiary alicyclic amines) is 2. The summed E-state index contributed by atoms with van der Waals surface area (Å²) in [6.45, 7) is 1.64. The van der Waals surface area contributed by atoms with Crippen LogP contribution in [0.1, 0.15) is 17.9 Å². The Bertz CT molecular complexity index is 2000. The van der Waals surface area contributed by atoms with Gasteiger partial charge in [0.25, 0.3) is 5.91 Å². The van der Waals surface area contributed by atoms with Crippen LogP contribution in [0.2, 0.25) is 0 Å². The molecule has 13 nitrogen and oxygen atoms in total. The minimum Gasteiger partial charge on any atom is -0.366 e. The summed E-state index contributed by atoms with van der Waals surface area (Å²) >= 11 is 2.84. The van der Waals surface area contributed by atoms with Gasteiger partial charge in [-0.15, -0.1) is 0 Å². The molecule has 0 spiro atoms. The van der Waals surface area contributed by atoms with Gasteiger partial charge in [-0.3, -0.25) is 14.9 Å². The normalized spacial score (nSPS) is 19.5. The van der Waals surface area contributed by atoms with Crippen LogP contribution in [0.4, 0.5) is 10.3 Å². The molecule has 252 valence electrons. The number of rotatable bonds is 8. The average molecular weight is 705 g/mol. The molecule has 3 atom stereocenters. The van der Waals surface area contributed by atoms with E-state index in [0.717, 1.165) is 26.4 Å². The van der Waals surface area contributed by atoms with Crippen LogP contribution < -0.4 is 10.6 Å². The molecule has 15 heteroatoms. The van der Waals surface area contributed by atoms with Gasteiger partial charge in [-0.1, -0.05) is 83.3 Å². The predicted molar refractivity (Wildman–Crippen MR) is 189 cm³/mol. The summed E-state index contributed by atoms with van der Waals surface area (Å²) in [7, 11) is 1.50. The Morgan fingerprint density at radius 3 is 1.96 bits per heavy atom. The van der Waals surface area contributed by atoms with Gasteiger partial charge in [0.1, 0.15) is 6.33 Å². The van der Waals surface area contributed by atoms with E-state index in [1.807, 2.05) is 60.7 Å². The van der Waals surface area contributed by atoms with Gasteiger partial charge in [-0.25, -0.2) is 19.9 Å². The van der Waals surface area contributed by atoms with Crippen molar-refractivity contribution < 1.29 is 14.3 Å². The number of hydrogen-bond acceptors (Lipinski definition) is 13. The smallest absolute Gasteiger partial charge is 0.260 e. The molecule has 0 unspecified atom stereocenters. The molecule has 0 aliphatic carbocycles. The van der Waals surface area contributed by atoms with Crippen LogP contribution in [-0.2, 0) is 14.3 Å². The Balaban J connectivity index is 0.000000175. The molecule has 2 N–H and O–H groups in total. The van der Waals surface area contributed by atoms with Crippen molar-refractivity contribution in [3.8, 4) is 33.3 Å². The second-order valence-corrected chi connectivity index (χ2v) is 13.7. The molecule has 7 rings (SSSR count). The maximum Gasteiger partial charge on any atom is 0.260 e. The van der Waals surface area contributed by atoms with Crippen molar-refractivity contribution in [1.29, 1.82) is 10.5 Å². The number of thiazole rings is 2. The predicted octanol–water partition coefficient (Wildman–Crippen LogP) is 5.06. The van der Waals surface area contributed by atoms with Crippen LogP contribution in [0.3, 0.4) is 0 Å². The highest BCUT2D eigenvalue weighted by molar-refractivity contribution is 7.19. The first-order valence-electron chi connectivity index (χ1n) is 15.7. The number of hydrogen-bond donors (Lipinski definition) is 2. The largest absolute Gasteiger partial charge is 0.366 e. The van der Waals surface area contributed by atoms with Gasteiger partial charge in [0, 0.05) is 63.9 Å². The lowest BCUT2D eigenvalue weighted by Gasteiger charge is -2.24. The molecule has 2 aliphatic heterocycles. The minimum absolute atomic E-state index is 0.126. The SMILES string of the molecule is CO[C@@]1(C(=O)Nc2ncc(-c3ccccc3)s2)CCN(C#N)C1.N#CN1C[C@@H](C(=O)Nc2ncc(-c3ccccc3)s2)[C@H](c2cncnc2)C1. The lowest BCUT2D eigenvalue weighted by molar-refractivity contribution is -0.136. The third-order valence-electron chi connectivity index (χ3n) is 8.56. The van der Waals surface area contributed by atoms with E-state index in [-0.39, 0.29) is 30.2 Å². The molecule has 3 aromatic heterocycles. The number of aromatic nitrogens is 4. The number of benzene rings is 2. The molecular formula is C35H32N10O3S2. The number of nitrogens with one attached hydrogen (secondary N) is 2. The molecule has 2 aromatic carbocycles. The summed E-state index contributed by atoms with van der Waals surface area (Å²) in [5.74, 6) is -0.888. The molecule has 2 fully saturated rings. The van der Waals surface area contributed by atoms with Crippen molar-refractivity contribution >= 4 is 44.8 Å². The van der Waals surface area contributed by atoms with E-state index in [9.17, 15) is 14.9 Å². The van der Waals surface area contributed by atoms with Gasteiger partial charge in [0.15, 0.2) is 28.3 Å². The van der Waals surface area contributed by atoms with Crippen LogP contribution in [0.25, 0.3) is 20.9 Å². The van der Waals surface area contributed by atoms with Crippen LogP contribution in [0.15, 0.2) is 91.8 Å². The van der Waals surface area contributed by atoms with Gasteiger partial charge in [0.2, 0.25) is 5.91 Å². The second kappa shape index (κ2) is 15.7. The van der Waals surface area contributed by atoms with Crippen molar-refractivity contribution in [3.05, 3.63) is 97.3 Å². The standard InChI is InChI=1S/C19H16N6OS.C16H16N4O2S/c20-11-25-9-15(14-6-21-12-22-7-14)16(10-25)18(26)24-19-23-8-17(27-19)13-4-2-1-3-5-13;1-22-16(7-8-20(10-16)11-17)14(21)19-15-18-9-13(23-15)12-5-3-2-4-6-12/h1-8,12,15-16H,9-10H2,(H,23,24,26);2-6,9H,7-8,10H2,1H3,(H,18,19,21)/t15-,16+;16-/m00/s1. The highest BCUT2D eigenvalue weighted by Crippen LogP contribution is 2.35. The minimum atomic E-state index is -0.992. The number of anilines is 2. The maximum atomic E-state index is 12.9. The fourth-order valence-electron chi connectivity index (χ4n) is 5.85. The fourth-order valence-corrected chi connectivity index (χ4v) is 7.49. The van der Waals surface area contributed by atoms with E-state index < -0.39 is 5.60 Å². The zero-order valence-electron chi connectivity index (χ0n) is 27.0. The van der Waals surface area contributed by atoms with Gasteiger partial charge in [-0.05, 0) is 16.7 Å². The van der Waals surface area contributed by atoms with Crippen LogP contribution in [-0.4, -0.2) is 80.4 Å². The van der Waals surface area contributed by atoms with Crippen molar-refractivity contribution in [1.82, 2.24) is 29.7 Å². The van der Waals surface area contributed by atoms with E-state index in [4.69, 9.17) is 10.00 Å². The zero-order chi connectivity index (χ0) is 34.9. The Morgan fingerprint density at radius 1 is 0.840 bits per heavy atom. The van der Waals surface area contributed by atoms with Crippen LogP contribution in [0, 0.1) is 28.8 Å². The van der Waals surface area contributed by atoms with E-state index in [2.05, 4.69) is 43.0 Å². The van der Waals surface area contributed by atoms with Crippen molar-refractivity contribution in [2.24, 2.45) is 5.92 Å². The van der Waals surface area contributed by atoms with Crippen molar-refractivity contribution in [3.63, 3.8) is 0 Å². The Hall–Kier alpha value is -5.74.